The Morgan fingerprint density at radius 3 is 2.53 bits per heavy atom. The minimum absolute atomic E-state index is 0.0344. The molecule has 1 aliphatic rings. The molecule has 0 aromatic heterocycles. The van der Waals surface area contributed by atoms with Crippen LogP contribution in [0.5, 0.6) is 0 Å². The maximum absolute atomic E-state index is 12.5. The molecule has 4 heteroatoms. The molecule has 1 aromatic rings. The van der Waals surface area contributed by atoms with Gasteiger partial charge in [-0.1, -0.05) is 30.7 Å². The Morgan fingerprint density at radius 1 is 1.35 bits per heavy atom. The fourth-order valence-electron chi connectivity index (χ4n) is 2.39. The van der Waals surface area contributed by atoms with Crippen LogP contribution in [0.25, 0.3) is 0 Å². The van der Waals surface area contributed by atoms with Gasteiger partial charge in [-0.25, -0.2) is 0 Å². The van der Waals surface area contributed by atoms with E-state index in [1.807, 2.05) is 26.8 Å². The fourth-order valence-corrected chi connectivity index (χ4v) is 3.64. The summed E-state index contributed by atoms with van der Waals surface area (Å²) in [6, 6.07) is 4.03. The second-order valence-electron chi connectivity index (χ2n) is 4.71. The number of carbonyl (C=O) groups is 1. The average molecular weight is 289 g/mol. The van der Waals surface area contributed by atoms with Crippen LogP contribution in [0.15, 0.2) is 12.1 Å². The van der Waals surface area contributed by atoms with E-state index in [4.69, 9.17) is 22.3 Å². The van der Waals surface area contributed by atoms with Crippen molar-refractivity contribution in [1.29, 1.82) is 0 Å². The van der Waals surface area contributed by atoms with E-state index in [1.54, 1.807) is 0 Å². The first-order valence-corrected chi connectivity index (χ1v) is 7.56. The summed E-state index contributed by atoms with van der Waals surface area (Å²) < 4.78 is -1.02. The van der Waals surface area contributed by atoms with Crippen molar-refractivity contribution in [3.63, 3.8) is 0 Å². The first-order valence-electron chi connectivity index (χ1n) is 5.54. The molecule has 17 heavy (non-hydrogen) atoms. The van der Waals surface area contributed by atoms with Crippen molar-refractivity contribution in [1.82, 2.24) is 0 Å². The summed E-state index contributed by atoms with van der Waals surface area (Å²) in [6.45, 7) is 5.96. The minimum Gasteiger partial charge on any atom is -0.291 e. The van der Waals surface area contributed by atoms with Gasteiger partial charge in [0.05, 0.1) is 0 Å². The van der Waals surface area contributed by atoms with E-state index in [0.29, 0.717) is 0 Å². The molecule has 1 aliphatic carbocycles. The number of hydrogen-bond donors (Lipinski definition) is 0. The second-order valence-corrected chi connectivity index (χ2v) is 6.79. The maximum Gasteiger partial charge on any atom is 0.195 e. The van der Waals surface area contributed by atoms with Crippen molar-refractivity contribution in [3.8, 4) is 0 Å². The Kier molecular flexibility index (Phi) is 3.50. The highest BCUT2D eigenvalue weighted by molar-refractivity contribution is 8.23. The van der Waals surface area contributed by atoms with E-state index in [1.165, 1.54) is 0 Å². The van der Waals surface area contributed by atoms with Gasteiger partial charge in [-0.15, -0.1) is 0 Å². The molecule has 2 unspecified atom stereocenters. The van der Waals surface area contributed by atoms with Gasteiger partial charge in [-0.2, -0.15) is 0 Å². The SMILES string of the molecule is Cc1ccc(C)c2c1CC(C)C(Cl)(SCl)C2=O. The largest absolute Gasteiger partial charge is 0.291 e. The summed E-state index contributed by atoms with van der Waals surface area (Å²) in [7, 11) is 6.76. The third kappa shape index (κ3) is 1.91. The second kappa shape index (κ2) is 4.49. The lowest BCUT2D eigenvalue weighted by molar-refractivity contribution is 0.0942. The molecular weight excluding hydrogens is 275 g/mol. The molecule has 0 bridgehead atoms. The molecule has 0 amide bonds. The maximum atomic E-state index is 12.5. The number of alkyl halides is 1. The van der Waals surface area contributed by atoms with Gasteiger partial charge in [0.2, 0.25) is 0 Å². The molecule has 2 atom stereocenters. The summed E-state index contributed by atoms with van der Waals surface area (Å²) >= 11 is 6.39. The number of fused-ring (bicyclic) bond motifs is 1. The summed E-state index contributed by atoms with van der Waals surface area (Å²) in [5, 5.41) is 0. The summed E-state index contributed by atoms with van der Waals surface area (Å²) in [5.74, 6) is -0.0127. The smallest absolute Gasteiger partial charge is 0.195 e. The molecule has 0 fully saturated rings. The van der Waals surface area contributed by atoms with Crippen LogP contribution in [0, 0.1) is 19.8 Å². The van der Waals surface area contributed by atoms with Crippen LogP contribution < -0.4 is 0 Å². The zero-order valence-electron chi connectivity index (χ0n) is 10.0. The van der Waals surface area contributed by atoms with Crippen LogP contribution in [-0.2, 0) is 6.42 Å². The Hall–Kier alpha value is -0.180. The van der Waals surface area contributed by atoms with Crippen molar-refractivity contribution in [2.45, 2.75) is 31.4 Å². The van der Waals surface area contributed by atoms with E-state index < -0.39 is 4.21 Å². The van der Waals surface area contributed by atoms with E-state index in [9.17, 15) is 4.79 Å². The third-order valence-corrected chi connectivity index (χ3v) is 6.10. The van der Waals surface area contributed by atoms with E-state index in [2.05, 4.69) is 6.07 Å². The van der Waals surface area contributed by atoms with Crippen LogP contribution in [0.4, 0.5) is 0 Å². The van der Waals surface area contributed by atoms with E-state index in [-0.39, 0.29) is 11.7 Å². The van der Waals surface area contributed by atoms with Gasteiger partial charge in [0.15, 0.2) is 9.99 Å². The summed E-state index contributed by atoms with van der Waals surface area (Å²) in [4.78, 5) is 12.5. The molecule has 0 saturated heterocycles. The van der Waals surface area contributed by atoms with Crippen molar-refractivity contribution < 1.29 is 4.79 Å². The molecular formula is C13H14Cl2OS. The molecule has 0 spiro atoms. The normalized spacial score (nSPS) is 28.1. The van der Waals surface area contributed by atoms with Gasteiger partial charge in [0, 0.05) is 5.56 Å². The van der Waals surface area contributed by atoms with Gasteiger partial charge < -0.3 is 0 Å². The monoisotopic (exact) mass is 288 g/mol. The van der Waals surface area contributed by atoms with Crippen molar-refractivity contribution >= 4 is 39.0 Å². The molecule has 0 aliphatic heterocycles. The minimum atomic E-state index is -1.02. The third-order valence-electron chi connectivity index (χ3n) is 3.55. The van der Waals surface area contributed by atoms with Crippen LogP contribution >= 0.6 is 33.3 Å². The number of benzene rings is 1. The Balaban J connectivity index is 2.66. The van der Waals surface area contributed by atoms with Crippen molar-refractivity contribution in [2.24, 2.45) is 5.92 Å². The lowest BCUT2D eigenvalue weighted by atomic mass is 9.79. The Morgan fingerprint density at radius 2 is 1.94 bits per heavy atom. The Labute approximate surface area is 115 Å². The van der Waals surface area contributed by atoms with Gasteiger partial charge >= 0.3 is 0 Å². The standard InChI is InChI=1S/C13H14Cl2OS/c1-7-4-5-8(2)11-10(7)6-9(3)13(14,17-15)12(11)16/h4-5,9H,6H2,1-3H3. The number of ketones is 1. The highest BCUT2D eigenvalue weighted by atomic mass is 35.7. The molecule has 0 radical (unpaired) electrons. The first kappa shape index (κ1) is 13.3. The molecule has 0 saturated carbocycles. The predicted octanol–water partition coefficient (Wildman–Crippen LogP) is 4.50. The first-order chi connectivity index (χ1) is 7.91. The number of carbonyl (C=O) groups excluding carboxylic acids is 1. The van der Waals surface area contributed by atoms with Crippen LogP contribution in [0.2, 0.25) is 0 Å². The molecule has 0 heterocycles. The predicted molar refractivity (Wildman–Crippen MR) is 75.1 cm³/mol. The Bertz CT molecular complexity index is 487. The number of halogens is 2. The number of hydrogen-bond acceptors (Lipinski definition) is 2. The molecule has 2 rings (SSSR count). The summed E-state index contributed by atoms with van der Waals surface area (Å²) in [5.41, 5.74) is 4.04. The number of rotatable bonds is 1. The quantitative estimate of drug-likeness (QED) is 0.708. The molecule has 0 N–H and O–H groups in total. The van der Waals surface area contributed by atoms with Crippen molar-refractivity contribution in [3.05, 3.63) is 34.4 Å². The summed E-state index contributed by atoms with van der Waals surface area (Å²) in [6.07, 6.45) is 0.803. The number of Topliss-reactive ketones (excluding diaryl/α,β-unsaturated/α-hetero) is 1. The van der Waals surface area contributed by atoms with Gasteiger partial charge in [0.25, 0.3) is 0 Å². The van der Waals surface area contributed by atoms with Crippen LogP contribution in [0.1, 0.15) is 34.0 Å². The molecule has 92 valence electrons. The topological polar surface area (TPSA) is 17.1 Å². The molecule has 1 nitrogen and oxygen atoms in total. The van der Waals surface area contributed by atoms with Gasteiger partial charge in [-0.3, -0.25) is 4.79 Å². The highest BCUT2D eigenvalue weighted by Gasteiger charge is 2.47. The van der Waals surface area contributed by atoms with E-state index >= 15 is 0 Å². The number of aryl methyl sites for hydroxylation is 2. The van der Waals surface area contributed by atoms with Gasteiger partial charge in [0.1, 0.15) is 0 Å². The average Bonchev–Trinajstić information content (AvgIpc) is 2.30. The van der Waals surface area contributed by atoms with Crippen LogP contribution in [-0.4, -0.2) is 9.99 Å². The lowest BCUT2D eigenvalue weighted by Gasteiger charge is -2.35. The van der Waals surface area contributed by atoms with E-state index in [0.717, 1.165) is 39.7 Å². The zero-order chi connectivity index (χ0) is 12.8. The zero-order valence-corrected chi connectivity index (χ0v) is 12.3. The highest BCUT2D eigenvalue weighted by Crippen LogP contribution is 2.48. The van der Waals surface area contributed by atoms with Gasteiger partial charge in [-0.05, 0) is 64.5 Å². The fraction of sp³-hybridized carbons (Fsp3) is 0.462. The molecule has 1 aromatic carbocycles. The lowest BCUT2D eigenvalue weighted by Crippen LogP contribution is -2.41. The van der Waals surface area contributed by atoms with Crippen LogP contribution in [0.3, 0.4) is 0 Å². The van der Waals surface area contributed by atoms with Crippen molar-refractivity contribution in [2.75, 3.05) is 0 Å².